The van der Waals surface area contributed by atoms with Crippen LogP contribution >= 0.6 is 0 Å². The summed E-state index contributed by atoms with van der Waals surface area (Å²) in [5.41, 5.74) is 0. The number of nitrogens with one attached hydrogen (secondary N) is 1. The van der Waals surface area contributed by atoms with E-state index in [0.29, 0.717) is 2.70 Å². The Morgan fingerprint density at radius 2 is 1.57 bits per heavy atom. The van der Waals surface area contributed by atoms with Crippen molar-refractivity contribution in [2.24, 2.45) is 0 Å². The molecule has 0 saturated carbocycles. The molecule has 1 N–H and O–H groups in total. The predicted molar refractivity (Wildman–Crippen MR) is 59.7 cm³/mol. The van der Waals surface area contributed by atoms with E-state index >= 15 is 0 Å². The molecule has 1 rings (SSSR count). The summed E-state index contributed by atoms with van der Waals surface area (Å²) in [6.45, 7) is 13.4. The van der Waals surface area contributed by atoms with E-state index in [-0.39, 0.29) is 9.12 Å². The van der Waals surface area contributed by atoms with E-state index < -0.39 is 30.3 Å². The third kappa shape index (κ3) is 1.91. The van der Waals surface area contributed by atoms with Gasteiger partial charge in [-0.3, -0.25) is 0 Å². The first-order valence-electron chi connectivity index (χ1n) is 5.51. The van der Waals surface area contributed by atoms with Gasteiger partial charge < -0.3 is 0 Å². The van der Waals surface area contributed by atoms with Crippen LogP contribution in [0.1, 0.15) is 41.5 Å². The normalized spacial score (nSPS) is 21.7. The van der Waals surface area contributed by atoms with Gasteiger partial charge in [0.05, 0.1) is 0 Å². The van der Waals surface area contributed by atoms with Crippen LogP contribution in [0.4, 0.5) is 4.79 Å². The van der Waals surface area contributed by atoms with E-state index in [1.54, 1.807) is 0 Å². The fourth-order valence-corrected chi connectivity index (χ4v) is 13.7. The number of ether oxygens (including phenoxy) is 1. The van der Waals surface area contributed by atoms with Gasteiger partial charge in [0.1, 0.15) is 0 Å². The van der Waals surface area contributed by atoms with Crippen molar-refractivity contribution in [2.75, 3.05) is 2.70 Å². The molecule has 4 heteroatoms. The van der Waals surface area contributed by atoms with Crippen LogP contribution in [0, 0.1) is 0 Å². The maximum atomic E-state index is 11.3. The Morgan fingerprint density at radius 1 is 1.14 bits per heavy atom. The fourth-order valence-electron chi connectivity index (χ4n) is 3.33. The first-order valence-corrected chi connectivity index (χ1v) is 10.4. The monoisotopic (exact) mass is 227 g/mol. The van der Waals surface area contributed by atoms with Crippen LogP contribution in [-0.4, -0.2) is 39.1 Å². The minimum atomic E-state index is -2.86. The number of carbonyl (C=O) groups excluding carboxylic acids is 1. The number of carbonyl (C=O) groups is 1. The molecule has 1 amide bonds. The average Bonchev–Trinajstić information content (AvgIpc) is 2.28. The van der Waals surface area contributed by atoms with Crippen molar-refractivity contribution in [2.45, 2.75) is 44.6 Å². The van der Waals surface area contributed by atoms with E-state index in [1.165, 1.54) is 0 Å². The van der Waals surface area contributed by atoms with Gasteiger partial charge in [-0.1, -0.05) is 0 Å². The van der Waals surface area contributed by atoms with E-state index in [0.717, 1.165) is 0 Å². The molecule has 0 atom stereocenters. The van der Waals surface area contributed by atoms with Gasteiger partial charge in [0, 0.05) is 0 Å². The molecule has 80 valence electrons. The van der Waals surface area contributed by atoms with Crippen LogP contribution < -0.4 is 1.80 Å². The maximum absolute atomic E-state index is 11.3. The van der Waals surface area contributed by atoms with Crippen molar-refractivity contribution in [3.63, 3.8) is 0 Å². The number of hydrogen-bond donors (Lipinski definition) is 1. The summed E-state index contributed by atoms with van der Waals surface area (Å²) in [6, 6.07) is 0. The number of hydrogen-bond acceptors (Lipinski definition) is 2. The van der Waals surface area contributed by atoms with Gasteiger partial charge in [0.15, 0.2) is 0 Å². The van der Waals surface area contributed by atoms with Gasteiger partial charge in [-0.2, -0.15) is 0 Å². The molecule has 0 aromatic rings. The Hall–Kier alpha value is 0.530. The van der Waals surface area contributed by atoms with Gasteiger partial charge >= 0.3 is 95.0 Å². The molecule has 0 aromatic heterocycles. The molecule has 1 saturated heterocycles. The molecule has 0 aromatic carbocycles. The molecule has 3 nitrogen and oxygen atoms in total. The molecule has 1 heterocycles. The molecule has 1 fully saturated rings. The van der Waals surface area contributed by atoms with Crippen molar-refractivity contribution in [1.29, 1.82) is 0 Å². The molecule has 0 bridgehead atoms. The Kier molecular flexibility index (Phi) is 3.18. The van der Waals surface area contributed by atoms with Gasteiger partial charge in [-0.15, -0.1) is 0 Å². The Balaban J connectivity index is 3.12. The van der Waals surface area contributed by atoms with Crippen LogP contribution in [0.5, 0.6) is 0 Å². The first kappa shape index (κ1) is 12.6. The van der Waals surface area contributed by atoms with Crippen LogP contribution in [-0.2, 0) is 4.74 Å². The zero-order valence-electron chi connectivity index (χ0n) is 10.2. The molecule has 0 unspecified atom stereocenters. The second-order valence-corrected chi connectivity index (χ2v) is 19.0. The standard InChI is InChI=1S/2C4H9.C2H4NO2.Ca/c2*1-4(2)3;1-5-2(3)4;/h2*1-3H3;1H2,(H2,3,4);/q;;;+1/p-1. The molecule has 1 aliphatic rings. The third-order valence-corrected chi connectivity index (χ3v) is 18.6. The van der Waals surface area contributed by atoms with Gasteiger partial charge in [-0.25, -0.2) is 0 Å². The molecule has 14 heavy (non-hydrogen) atoms. The Bertz CT molecular complexity index is 236. The molecule has 0 aliphatic carbocycles. The second-order valence-electron chi connectivity index (χ2n) is 7.21. The molecular weight excluding hydrogens is 206 g/mol. The van der Waals surface area contributed by atoms with E-state index in [1.807, 2.05) is 0 Å². The van der Waals surface area contributed by atoms with Crippen molar-refractivity contribution < 1.29 is 9.53 Å². The summed E-state index contributed by atoms with van der Waals surface area (Å²) >= 11 is -2.86. The molecule has 2 radical (unpaired) electrons. The summed E-state index contributed by atoms with van der Waals surface area (Å²) in [4.78, 5) is 11.3. The van der Waals surface area contributed by atoms with Crippen molar-refractivity contribution in [3.8, 4) is 0 Å². The first-order chi connectivity index (χ1) is 6.10. The van der Waals surface area contributed by atoms with Crippen LogP contribution in [0.3, 0.4) is 0 Å². The number of cyclic esters (lactones) is 1. The summed E-state index contributed by atoms with van der Waals surface area (Å²) in [5, 5.41) is 0. The minimum absolute atomic E-state index is 0.199. The average molecular weight is 227 g/mol. The summed E-state index contributed by atoms with van der Waals surface area (Å²) in [5.74, 6) is 0. The SMILES string of the molecule is C[C](C)(C)[Ca]1([C](C)(C)C)[CH2]OC(=O)[NH]1. The fraction of sp³-hybridized carbons (Fsp3) is 0.900. The second kappa shape index (κ2) is 3.53. The van der Waals surface area contributed by atoms with Crippen LogP contribution in [0.25, 0.3) is 0 Å². The molecule has 0 spiro atoms. The van der Waals surface area contributed by atoms with Crippen LogP contribution in [0.2, 0.25) is 3.02 Å². The number of amides is 1. The van der Waals surface area contributed by atoms with E-state index in [2.05, 4.69) is 43.3 Å². The summed E-state index contributed by atoms with van der Waals surface area (Å²) < 4.78 is 9.45. The predicted octanol–water partition coefficient (Wildman–Crippen LogP) is 2.81. The van der Waals surface area contributed by atoms with Gasteiger partial charge in [0.25, 0.3) is 0 Å². The number of rotatable bonds is 0. The van der Waals surface area contributed by atoms with Crippen molar-refractivity contribution >= 4 is 36.4 Å². The topological polar surface area (TPSA) is 38.3 Å². The van der Waals surface area contributed by atoms with E-state index in [4.69, 9.17) is 4.74 Å². The van der Waals surface area contributed by atoms with Gasteiger partial charge in [0.2, 0.25) is 0 Å². The quantitative estimate of drug-likeness (QED) is 0.646. The van der Waals surface area contributed by atoms with Crippen molar-refractivity contribution in [1.82, 2.24) is 1.80 Å². The molecular formula is C10H21CaNO2. The summed E-state index contributed by atoms with van der Waals surface area (Å²) in [6.07, 6.45) is -0.199. The Morgan fingerprint density at radius 3 is 1.71 bits per heavy atom. The summed E-state index contributed by atoms with van der Waals surface area (Å²) in [7, 11) is 0. The van der Waals surface area contributed by atoms with E-state index in [9.17, 15) is 4.79 Å². The zero-order valence-corrected chi connectivity index (χ0v) is 12.4. The zero-order chi connectivity index (χ0) is 11.2. The Labute approximate surface area is 94.2 Å². The van der Waals surface area contributed by atoms with Crippen LogP contribution in [0.15, 0.2) is 0 Å². The van der Waals surface area contributed by atoms with Gasteiger partial charge in [-0.05, 0) is 0 Å². The molecule has 1 aliphatic heterocycles. The third-order valence-electron chi connectivity index (χ3n) is 4.61. The van der Waals surface area contributed by atoms with Crippen molar-refractivity contribution in [3.05, 3.63) is 0 Å².